The molecule has 5 nitrogen and oxygen atoms in total. The lowest BCUT2D eigenvalue weighted by Gasteiger charge is -2.47. The number of hydrogen-bond acceptors (Lipinski definition) is 6. The molecule has 0 spiro atoms. The Morgan fingerprint density at radius 1 is 0.323 bits per heavy atom. The van der Waals surface area contributed by atoms with Crippen LogP contribution < -0.4 is 57.3 Å². The van der Waals surface area contributed by atoms with E-state index in [-0.39, 0.29) is 13.4 Å². The number of rotatable bonds is 9. The highest BCUT2D eigenvalue weighted by molar-refractivity contribution is 8.00. The maximum atomic E-state index is 2.67. The fourth-order valence-corrected chi connectivity index (χ4v) is 17.6. The molecule has 0 radical (unpaired) electrons. The van der Waals surface area contributed by atoms with E-state index in [9.17, 15) is 0 Å². The normalized spacial score (nSPS) is 13.8. The zero-order chi connectivity index (χ0) is 61.5. The predicted octanol–water partition coefficient (Wildman–Crippen LogP) is 18.9. The van der Waals surface area contributed by atoms with Crippen LogP contribution in [0.1, 0.15) is 25.0 Å². The van der Waals surface area contributed by atoms with Gasteiger partial charge in [-0.15, -0.1) is 0 Å². The van der Waals surface area contributed by atoms with E-state index < -0.39 is 5.41 Å². The van der Waals surface area contributed by atoms with Crippen LogP contribution in [0.25, 0.3) is 21.9 Å². The molecular weight excluding hydrogens is 1140 g/mol. The summed E-state index contributed by atoms with van der Waals surface area (Å²) in [6.45, 7) is 4.76. The third-order valence-electron chi connectivity index (χ3n) is 20.1. The molecule has 0 unspecified atom stereocenters. The van der Waals surface area contributed by atoms with E-state index in [4.69, 9.17) is 0 Å². The molecule has 19 rings (SSSR count). The highest BCUT2D eigenvalue weighted by Crippen LogP contribution is 2.59. The molecule has 0 bridgehead atoms. The lowest BCUT2D eigenvalue weighted by Crippen LogP contribution is -2.64. The molecule has 14 aromatic rings. The van der Waals surface area contributed by atoms with E-state index in [1.54, 1.807) is 0 Å². The number of para-hydroxylation sites is 9. The quantitative estimate of drug-likeness (QED) is 0.133. The largest absolute Gasteiger partial charge is 0.311 e. The fourth-order valence-electron chi connectivity index (χ4n) is 16.3. The maximum Gasteiger partial charge on any atom is 0.252 e. The van der Waals surface area contributed by atoms with Crippen LogP contribution in [0.5, 0.6) is 0 Å². The van der Waals surface area contributed by atoms with Crippen LogP contribution in [0.2, 0.25) is 0 Å². The molecule has 0 N–H and O–H groups in total. The highest BCUT2D eigenvalue weighted by Gasteiger charge is 2.51. The van der Waals surface area contributed by atoms with Crippen LogP contribution in [-0.4, -0.2) is 13.4 Å². The molecule has 14 aromatic carbocycles. The molecule has 0 saturated heterocycles. The van der Waals surface area contributed by atoms with Gasteiger partial charge in [0.25, 0.3) is 6.71 Å². The summed E-state index contributed by atoms with van der Waals surface area (Å²) < 4.78 is 0. The van der Waals surface area contributed by atoms with E-state index in [2.05, 4.69) is 360 Å². The van der Waals surface area contributed by atoms with Crippen LogP contribution >= 0.6 is 11.8 Å². The molecule has 4 heterocycles. The van der Waals surface area contributed by atoms with Crippen molar-refractivity contribution in [1.82, 2.24) is 0 Å². The summed E-state index contributed by atoms with van der Waals surface area (Å²) in [7, 11) is 0. The average molecular weight is 1200 g/mol. The van der Waals surface area contributed by atoms with Crippen molar-refractivity contribution in [3.05, 3.63) is 333 Å². The van der Waals surface area contributed by atoms with Gasteiger partial charge in [-0.2, -0.15) is 0 Å². The zero-order valence-electron chi connectivity index (χ0n) is 51.4. The van der Waals surface area contributed by atoms with Gasteiger partial charge in [0, 0.05) is 101 Å². The summed E-state index contributed by atoms with van der Waals surface area (Å²) in [5.41, 5.74) is 30.1. The number of fused-ring (bicyclic) bond motifs is 14. The number of anilines is 15. The lowest BCUT2D eigenvalue weighted by atomic mass is 9.30. The van der Waals surface area contributed by atoms with Crippen LogP contribution in [0, 0.1) is 0 Å². The van der Waals surface area contributed by atoms with Crippen molar-refractivity contribution in [2.24, 2.45) is 0 Å². The molecule has 436 valence electrons. The van der Waals surface area contributed by atoms with E-state index in [1.165, 1.54) is 110 Å². The standard InChI is InChI=1S/C85H59B2N5S/c1-85(2)69-52-65(89(59-32-14-5-15-33-59)60-34-16-6-17-35-60)47-49-67(69)68-53-78-81-83(80(68)85)92(63-40-22-9-23-41-63)75-45-27-25-43-71(75)86(81)72-54-73-79(55-76(72)91(78)62-38-20-8-21-39-62)93-84-66-48-46-64(88(57-28-10-3-11-29-57)58-30-12-4-13-31-58)50-56(66)51-77-82(84)87(73)70-42-24-26-44-74(70)90(77)61-36-18-7-19-37-61/h3-55H,1-2H3. The monoisotopic (exact) mass is 1200 g/mol. The minimum absolute atomic E-state index is 0.0680. The summed E-state index contributed by atoms with van der Waals surface area (Å²) in [5.74, 6) is 0. The first kappa shape index (κ1) is 53.6. The zero-order valence-corrected chi connectivity index (χ0v) is 52.2. The van der Waals surface area contributed by atoms with Crippen molar-refractivity contribution in [3.8, 4) is 11.1 Å². The van der Waals surface area contributed by atoms with Gasteiger partial charge in [0.2, 0.25) is 6.71 Å². The summed E-state index contributed by atoms with van der Waals surface area (Å²) in [4.78, 5) is 15.1. The van der Waals surface area contributed by atoms with Gasteiger partial charge >= 0.3 is 0 Å². The molecule has 8 heteroatoms. The van der Waals surface area contributed by atoms with Crippen molar-refractivity contribution in [3.63, 3.8) is 0 Å². The lowest BCUT2D eigenvalue weighted by molar-refractivity contribution is 0.661. The molecular formula is C85H59B2N5S. The summed E-state index contributed by atoms with van der Waals surface area (Å²) in [5, 5.41) is 2.44. The second kappa shape index (κ2) is 20.9. The number of nitrogens with zero attached hydrogens (tertiary/aromatic N) is 5. The first-order chi connectivity index (χ1) is 45.9. The molecule has 5 aliphatic rings. The Bertz CT molecular complexity index is 5230. The van der Waals surface area contributed by atoms with Gasteiger partial charge in [0.15, 0.2) is 0 Å². The van der Waals surface area contributed by atoms with Gasteiger partial charge in [0.05, 0.1) is 0 Å². The summed E-state index contributed by atoms with van der Waals surface area (Å²) in [6, 6.07) is 120. The Morgan fingerprint density at radius 2 is 0.763 bits per heavy atom. The van der Waals surface area contributed by atoms with Crippen molar-refractivity contribution >= 4 is 154 Å². The molecule has 0 saturated carbocycles. The van der Waals surface area contributed by atoms with Crippen LogP contribution in [0.3, 0.4) is 0 Å². The van der Waals surface area contributed by atoms with E-state index in [1.807, 2.05) is 11.8 Å². The van der Waals surface area contributed by atoms with E-state index in [0.717, 1.165) is 51.2 Å². The molecule has 0 atom stereocenters. The topological polar surface area (TPSA) is 16.2 Å². The Balaban J connectivity index is 0.869. The van der Waals surface area contributed by atoms with Crippen LogP contribution in [0.4, 0.5) is 85.3 Å². The molecule has 1 aliphatic carbocycles. The minimum Gasteiger partial charge on any atom is -0.311 e. The molecule has 4 aliphatic heterocycles. The summed E-state index contributed by atoms with van der Waals surface area (Å²) >= 11 is 1.95. The van der Waals surface area contributed by atoms with E-state index >= 15 is 0 Å². The van der Waals surface area contributed by atoms with Crippen molar-refractivity contribution < 1.29 is 0 Å². The third kappa shape index (κ3) is 8.11. The summed E-state index contributed by atoms with van der Waals surface area (Å²) in [6.07, 6.45) is 0. The second-order valence-corrected chi connectivity index (χ2v) is 26.6. The third-order valence-corrected chi connectivity index (χ3v) is 21.3. The molecule has 0 fully saturated rings. The van der Waals surface area contributed by atoms with Crippen molar-refractivity contribution in [2.45, 2.75) is 29.1 Å². The minimum atomic E-state index is -0.431. The smallest absolute Gasteiger partial charge is 0.252 e. The SMILES string of the molecule is CC1(C)c2cc(N(c3ccccc3)c3ccccc3)ccc2-c2cc3c4c(c21)N(c1ccccc1)c1ccccc1B4c1cc2c(cc1N3c1ccccc1)Sc1c3c(cc4cc(N(c5ccccc5)c5ccccc5)ccc14)N(c1ccccc1)c1ccccc1B23. The van der Waals surface area contributed by atoms with Crippen molar-refractivity contribution in [2.75, 3.05) is 24.5 Å². The van der Waals surface area contributed by atoms with Gasteiger partial charge in [-0.25, -0.2) is 0 Å². The number of benzene rings is 14. The first-order valence-corrected chi connectivity index (χ1v) is 33.1. The predicted molar refractivity (Wildman–Crippen MR) is 395 cm³/mol. The number of hydrogen-bond donors (Lipinski definition) is 0. The molecule has 0 aromatic heterocycles. The Hall–Kier alpha value is -11.2. The van der Waals surface area contributed by atoms with Gasteiger partial charge in [-0.3, -0.25) is 0 Å². The van der Waals surface area contributed by atoms with E-state index in [0.29, 0.717) is 0 Å². The highest BCUT2D eigenvalue weighted by atomic mass is 32.2. The second-order valence-electron chi connectivity index (χ2n) is 25.5. The first-order valence-electron chi connectivity index (χ1n) is 32.3. The molecule has 93 heavy (non-hydrogen) atoms. The average Bonchev–Trinajstić information content (AvgIpc) is 1.64. The Labute approximate surface area is 547 Å². The van der Waals surface area contributed by atoms with Gasteiger partial charge < -0.3 is 24.5 Å². The molecule has 0 amide bonds. The Morgan fingerprint density at radius 3 is 1.31 bits per heavy atom. The van der Waals surface area contributed by atoms with Crippen LogP contribution in [0.15, 0.2) is 331 Å². The fraction of sp³-hybridized carbons (Fsp3) is 0.0353. The van der Waals surface area contributed by atoms with Gasteiger partial charge in [-0.05, 0) is 200 Å². The van der Waals surface area contributed by atoms with Gasteiger partial charge in [-0.1, -0.05) is 213 Å². The Kier molecular flexibility index (Phi) is 12.1. The van der Waals surface area contributed by atoms with Crippen molar-refractivity contribution in [1.29, 1.82) is 0 Å². The maximum absolute atomic E-state index is 2.67. The van der Waals surface area contributed by atoms with Gasteiger partial charge in [0.1, 0.15) is 0 Å². The van der Waals surface area contributed by atoms with Crippen LogP contribution in [-0.2, 0) is 5.41 Å².